The molecule has 1 aliphatic carbocycles. The average Bonchev–Trinajstić information content (AvgIpc) is 2.37. The molecular weight excluding hydrogens is 240 g/mol. The fraction of sp³-hybridized carbons (Fsp3) is 0.933. The van der Waals surface area contributed by atoms with Crippen LogP contribution in [0.3, 0.4) is 0 Å². The highest BCUT2D eigenvalue weighted by Gasteiger charge is 2.36. The molecule has 0 saturated heterocycles. The summed E-state index contributed by atoms with van der Waals surface area (Å²) in [5.74, 6) is 0.574. The Morgan fingerprint density at radius 2 is 2.21 bits per heavy atom. The molecule has 112 valence electrons. The Morgan fingerprint density at radius 1 is 1.53 bits per heavy atom. The molecular formula is C15H30N2O2. The summed E-state index contributed by atoms with van der Waals surface area (Å²) in [5, 5.41) is 3.47. The van der Waals surface area contributed by atoms with E-state index in [0.29, 0.717) is 6.54 Å². The Labute approximate surface area is 117 Å². The highest BCUT2D eigenvalue weighted by Crippen LogP contribution is 2.35. The number of nitrogens with zero attached hydrogens (tertiary/aromatic N) is 1. The van der Waals surface area contributed by atoms with Crippen molar-refractivity contribution in [2.24, 2.45) is 11.8 Å². The standard InChI is InChI=1S/C15H30N2O2/c1-12-7-6-8-15(9-12,17(3)4)11-16-10-13(2)14(18)19-5/h12-13,16H,6-11H2,1-5H3. The first-order chi connectivity index (χ1) is 8.91. The van der Waals surface area contributed by atoms with Crippen LogP contribution >= 0.6 is 0 Å². The number of hydrogen-bond donors (Lipinski definition) is 1. The number of carbonyl (C=O) groups is 1. The smallest absolute Gasteiger partial charge is 0.309 e. The largest absolute Gasteiger partial charge is 0.469 e. The molecule has 1 aliphatic rings. The van der Waals surface area contributed by atoms with Gasteiger partial charge in [-0.05, 0) is 32.9 Å². The molecule has 0 aromatic carbocycles. The second-order valence-corrected chi connectivity index (χ2v) is 6.38. The van der Waals surface area contributed by atoms with E-state index in [1.807, 2.05) is 6.92 Å². The van der Waals surface area contributed by atoms with Crippen LogP contribution < -0.4 is 5.32 Å². The molecule has 0 heterocycles. The molecule has 0 radical (unpaired) electrons. The van der Waals surface area contributed by atoms with Gasteiger partial charge in [0.2, 0.25) is 0 Å². The van der Waals surface area contributed by atoms with Crippen molar-refractivity contribution in [2.75, 3.05) is 34.3 Å². The quantitative estimate of drug-likeness (QED) is 0.749. The van der Waals surface area contributed by atoms with Crippen molar-refractivity contribution in [3.63, 3.8) is 0 Å². The molecule has 1 fully saturated rings. The van der Waals surface area contributed by atoms with Crippen LogP contribution in [0.25, 0.3) is 0 Å². The number of methoxy groups -OCH3 is 1. The third kappa shape index (κ3) is 4.46. The summed E-state index contributed by atoms with van der Waals surface area (Å²) in [7, 11) is 5.79. The Hall–Kier alpha value is -0.610. The summed E-state index contributed by atoms with van der Waals surface area (Å²) in [5.41, 5.74) is 0.244. The van der Waals surface area contributed by atoms with Gasteiger partial charge in [-0.1, -0.05) is 26.7 Å². The molecule has 1 rings (SSSR count). The molecule has 0 aromatic heterocycles. The van der Waals surface area contributed by atoms with Crippen LogP contribution in [0.15, 0.2) is 0 Å². The lowest BCUT2D eigenvalue weighted by Gasteiger charge is -2.45. The lowest BCUT2D eigenvalue weighted by atomic mass is 9.75. The van der Waals surface area contributed by atoms with Crippen LogP contribution in [0, 0.1) is 11.8 Å². The fourth-order valence-corrected chi connectivity index (χ4v) is 3.16. The van der Waals surface area contributed by atoms with Crippen molar-refractivity contribution >= 4 is 5.97 Å². The normalized spacial score (nSPS) is 29.3. The summed E-state index contributed by atoms with van der Waals surface area (Å²) >= 11 is 0. The molecule has 0 spiro atoms. The van der Waals surface area contributed by atoms with Gasteiger partial charge in [0.15, 0.2) is 0 Å². The van der Waals surface area contributed by atoms with Crippen molar-refractivity contribution < 1.29 is 9.53 Å². The maximum absolute atomic E-state index is 11.4. The highest BCUT2D eigenvalue weighted by atomic mass is 16.5. The zero-order chi connectivity index (χ0) is 14.5. The maximum atomic E-state index is 11.4. The van der Waals surface area contributed by atoms with E-state index >= 15 is 0 Å². The number of esters is 1. The van der Waals surface area contributed by atoms with Gasteiger partial charge < -0.3 is 15.0 Å². The van der Waals surface area contributed by atoms with E-state index in [2.05, 4.69) is 31.2 Å². The highest BCUT2D eigenvalue weighted by molar-refractivity contribution is 5.72. The van der Waals surface area contributed by atoms with E-state index in [0.717, 1.165) is 12.5 Å². The van der Waals surface area contributed by atoms with Gasteiger partial charge in [-0.25, -0.2) is 0 Å². The predicted molar refractivity (Wildman–Crippen MR) is 78.1 cm³/mol. The van der Waals surface area contributed by atoms with Crippen molar-refractivity contribution in [1.82, 2.24) is 10.2 Å². The summed E-state index contributed by atoms with van der Waals surface area (Å²) in [6.45, 7) is 5.89. The zero-order valence-electron chi connectivity index (χ0n) is 13.2. The average molecular weight is 270 g/mol. The van der Waals surface area contributed by atoms with Crippen LogP contribution in [-0.4, -0.2) is 50.7 Å². The monoisotopic (exact) mass is 270 g/mol. The molecule has 3 unspecified atom stereocenters. The first-order valence-electron chi connectivity index (χ1n) is 7.37. The minimum Gasteiger partial charge on any atom is -0.469 e. The van der Waals surface area contributed by atoms with Gasteiger partial charge in [0.05, 0.1) is 13.0 Å². The van der Waals surface area contributed by atoms with Crippen LogP contribution in [0.2, 0.25) is 0 Å². The van der Waals surface area contributed by atoms with Crippen molar-refractivity contribution in [3.8, 4) is 0 Å². The predicted octanol–water partition coefficient (Wildman–Crippen LogP) is 1.90. The van der Waals surface area contributed by atoms with Crippen LogP contribution in [0.1, 0.15) is 39.5 Å². The van der Waals surface area contributed by atoms with Gasteiger partial charge in [0, 0.05) is 18.6 Å². The van der Waals surface area contributed by atoms with E-state index in [9.17, 15) is 4.79 Å². The van der Waals surface area contributed by atoms with E-state index in [1.165, 1.54) is 32.8 Å². The number of nitrogens with one attached hydrogen (secondary N) is 1. The van der Waals surface area contributed by atoms with Gasteiger partial charge in [0.25, 0.3) is 0 Å². The van der Waals surface area contributed by atoms with Gasteiger partial charge in [-0.2, -0.15) is 0 Å². The van der Waals surface area contributed by atoms with E-state index in [-0.39, 0.29) is 17.4 Å². The minimum absolute atomic E-state index is 0.0785. The zero-order valence-corrected chi connectivity index (χ0v) is 13.2. The third-order valence-corrected chi connectivity index (χ3v) is 4.52. The van der Waals surface area contributed by atoms with Crippen molar-refractivity contribution in [2.45, 2.75) is 45.1 Å². The molecule has 4 heteroatoms. The lowest BCUT2D eigenvalue weighted by molar-refractivity contribution is -0.144. The Morgan fingerprint density at radius 3 is 2.74 bits per heavy atom. The number of ether oxygens (including phenoxy) is 1. The summed E-state index contributed by atoms with van der Waals surface area (Å²) < 4.78 is 4.75. The third-order valence-electron chi connectivity index (χ3n) is 4.52. The number of carbonyl (C=O) groups excluding carboxylic acids is 1. The SMILES string of the molecule is COC(=O)C(C)CNCC1(N(C)C)CCCC(C)C1. The van der Waals surface area contributed by atoms with Gasteiger partial charge in [-0.15, -0.1) is 0 Å². The molecule has 0 amide bonds. The molecule has 4 nitrogen and oxygen atoms in total. The molecule has 0 aliphatic heterocycles. The fourth-order valence-electron chi connectivity index (χ4n) is 3.16. The van der Waals surface area contributed by atoms with Gasteiger partial charge in [-0.3, -0.25) is 4.79 Å². The Kier molecular flexibility index (Phi) is 6.27. The van der Waals surface area contributed by atoms with E-state index in [1.54, 1.807) is 0 Å². The van der Waals surface area contributed by atoms with E-state index in [4.69, 9.17) is 4.74 Å². The molecule has 3 atom stereocenters. The number of hydrogen-bond acceptors (Lipinski definition) is 4. The Bertz CT molecular complexity index is 294. The summed E-state index contributed by atoms with van der Waals surface area (Å²) in [6, 6.07) is 0. The summed E-state index contributed by atoms with van der Waals surface area (Å²) in [6.07, 6.45) is 5.12. The van der Waals surface area contributed by atoms with Gasteiger partial charge >= 0.3 is 5.97 Å². The first-order valence-corrected chi connectivity index (χ1v) is 7.37. The second-order valence-electron chi connectivity index (χ2n) is 6.38. The molecule has 19 heavy (non-hydrogen) atoms. The second kappa shape index (κ2) is 7.25. The summed E-state index contributed by atoms with van der Waals surface area (Å²) in [4.78, 5) is 13.7. The molecule has 1 saturated carbocycles. The number of likely N-dealkylation sites (N-methyl/N-ethyl adjacent to an activating group) is 1. The van der Waals surface area contributed by atoms with Crippen LogP contribution in [0.4, 0.5) is 0 Å². The lowest BCUT2D eigenvalue weighted by Crippen LogP contribution is -2.54. The molecule has 0 bridgehead atoms. The maximum Gasteiger partial charge on any atom is 0.309 e. The number of rotatable bonds is 6. The minimum atomic E-state index is -0.136. The Balaban J connectivity index is 2.49. The van der Waals surface area contributed by atoms with Crippen molar-refractivity contribution in [1.29, 1.82) is 0 Å². The first kappa shape index (κ1) is 16.4. The van der Waals surface area contributed by atoms with Crippen molar-refractivity contribution in [3.05, 3.63) is 0 Å². The van der Waals surface area contributed by atoms with Gasteiger partial charge in [0.1, 0.15) is 0 Å². The van der Waals surface area contributed by atoms with E-state index < -0.39 is 0 Å². The molecule has 0 aromatic rings. The molecule has 1 N–H and O–H groups in total. The topological polar surface area (TPSA) is 41.6 Å². The van der Waals surface area contributed by atoms with Crippen LogP contribution in [0.5, 0.6) is 0 Å². The van der Waals surface area contributed by atoms with Crippen LogP contribution in [-0.2, 0) is 9.53 Å².